The highest BCUT2D eigenvalue weighted by atomic mass is 16.6. The predicted octanol–water partition coefficient (Wildman–Crippen LogP) is 17.2. The third-order valence-corrected chi connectivity index (χ3v) is 20.3. The average molecular weight is 1290 g/mol. The van der Waals surface area contributed by atoms with Gasteiger partial charge in [-0.3, -0.25) is 33.7 Å². The summed E-state index contributed by atoms with van der Waals surface area (Å²) in [5, 5.41) is 0. The summed E-state index contributed by atoms with van der Waals surface area (Å²) < 4.78 is 33.6. The molecule has 2 unspecified atom stereocenters. The van der Waals surface area contributed by atoms with Crippen molar-refractivity contribution in [2.75, 3.05) is 80.9 Å². The summed E-state index contributed by atoms with van der Waals surface area (Å²) >= 11 is 0. The van der Waals surface area contributed by atoms with E-state index in [1.165, 1.54) is 116 Å². The van der Waals surface area contributed by atoms with Crippen LogP contribution in [-0.4, -0.2) is 127 Å². The Labute approximate surface area is 558 Å². The number of carbonyl (C=O) groups excluding carboxylic acids is 6. The largest absolute Gasteiger partial charge is 0.465 e. The Balaban J connectivity index is 0.000000334. The highest BCUT2D eigenvalue weighted by molar-refractivity contribution is 5.72. The van der Waals surface area contributed by atoms with Gasteiger partial charge in [-0.25, -0.2) is 0 Å². The molecule has 8 fully saturated rings. The van der Waals surface area contributed by atoms with Gasteiger partial charge < -0.3 is 33.3 Å². The first-order valence-electron chi connectivity index (χ1n) is 37.4. The monoisotopic (exact) mass is 1290 g/mol. The molecule has 524 valence electrons. The fourth-order valence-electron chi connectivity index (χ4n) is 16.5. The van der Waals surface area contributed by atoms with Crippen LogP contribution in [0.2, 0.25) is 0 Å². The highest BCUT2D eigenvalue weighted by Crippen LogP contribution is 2.62. The summed E-state index contributed by atoms with van der Waals surface area (Å²) in [6.45, 7) is 5.98. The summed E-state index contributed by atoms with van der Waals surface area (Å²) in [6, 6.07) is 0. The highest BCUT2D eigenvalue weighted by Gasteiger charge is 2.53. The molecule has 0 aliphatic heterocycles. The van der Waals surface area contributed by atoms with Gasteiger partial charge in [-0.15, -0.1) is 0 Å². The van der Waals surface area contributed by atoms with Gasteiger partial charge in [0.2, 0.25) is 0 Å². The van der Waals surface area contributed by atoms with Gasteiger partial charge in [-0.05, 0) is 242 Å². The second-order valence-corrected chi connectivity index (χ2v) is 30.1. The Kier molecular flexibility index (Phi) is 39.2. The number of carbonyl (C=O) groups is 6. The van der Waals surface area contributed by atoms with E-state index in [1.807, 2.05) is 19.0 Å². The van der Waals surface area contributed by atoms with Gasteiger partial charge in [-0.2, -0.15) is 0 Å². The van der Waals surface area contributed by atoms with Crippen LogP contribution in [0.15, 0.2) is 48.6 Å². The maximum atomic E-state index is 13.0. The first-order valence-corrected chi connectivity index (χ1v) is 37.4. The van der Waals surface area contributed by atoms with Crippen molar-refractivity contribution in [1.29, 1.82) is 0 Å². The van der Waals surface area contributed by atoms with E-state index in [0.717, 1.165) is 151 Å². The molecule has 0 heterocycles. The lowest BCUT2D eigenvalue weighted by Crippen LogP contribution is -2.47. The van der Waals surface area contributed by atoms with E-state index in [4.69, 9.17) is 28.4 Å². The molecule has 2 atom stereocenters. The minimum Gasteiger partial charge on any atom is -0.465 e. The van der Waals surface area contributed by atoms with Crippen LogP contribution < -0.4 is 0 Å². The molecule has 0 aromatic carbocycles. The van der Waals surface area contributed by atoms with Crippen molar-refractivity contribution in [2.45, 2.75) is 271 Å². The molecule has 8 saturated carbocycles. The van der Waals surface area contributed by atoms with Crippen LogP contribution in [0.4, 0.5) is 0 Å². The first kappa shape index (κ1) is 78.4. The lowest BCUT2D eigenvalue weighted by molar-refractivity contribution is -0.160. The molecule has 14 nitrogen and oxygen atoms in total. The molecule has 14 heteroatoms. The second-order valence-electron chi connectivity index (χ2n) is 30.1. The Bertz CT molecular complexity index is 2150. The SMILES string of the molecule is CCCCC/C=C\C/C=C\CCCCCCCC(=O)OCC(COC(=O)CCCN(C)C)COC(=O)CC12CC3CC(CC(C3)C1)C2.CCCCC/C=C\C/C=C\CCCCCCCC(=O)OCC(COC(=O)CN(C)C)COC(=O)CC12CC3CC(CC(C3)C1)C2. The molecular weight excluding hydrogens is 1160 g/mol. The van der Waals surface area contributed by atoms with Gasteiger partial charge in [-0.1, -0.05) is 127 Å². The van der Waals surface area contributed by atoms with Crippen LogP contribution in [0, 0.1) is 58.2 Å². The summed E-state index contributed by atoms with van der Waals surface area (Å²) in [7, 11) is 7.56. The molecule has 8 aliphatic rings. The zero-order valence-electron chi connectivity index (χ0n) is 59.0. The third-order valence-electron chi connectivity index (χ3n) is 20.3. The van der Waals surface area contributed by atoms with Gasteiger partial charge in [0.25, 0.3) is 0 Å². The predicted molar refractivity (Wildman–Crippen MR) is 368 cm³/mol. The zero-order valence-corrected chi connectivity index (χ0v) is 59.0. The van der Waals surface area contributed by atoms with Crippen molar-refractivity contribution < 1.29 is 57.2 Å². The molecular formula is C78H130N2O12. The minimum atomic E-state index is -0.370. The molecule has 8 aliphatic carbocycles. The fourth-order valence-corrected chi connectivity index (χ4v) is 16.5. The van der Waals surface area contributed by atoms with Crippen molar-refractivity contribution >= 4 is 35.8 Å². The number of rotatable bonds is 50. The molecule has 0 N–H and O–H groups in total. The lowest BCUT2D eigenvalue weighted by atomic mass is 9.49. The minimum absolute atomic E-state index is 0.0638. The number of allylic oxidation sites excluding steroid dienone is 8. The van der Waals surface area contributed by atoms with E-state index in [2.05, 4.69) is 62.5 Å². The van der Waals surface area contributed by atoms with Gasteiger partial charge in [0.1, 0.15) is 39.6 Å². The van der Waals surface area contributed by atoms with Crippen LogP contribution in [-0.2, 0) is 57.2 Å². The number of unbranched alkanes of at least 4 members (excludes halogenated alkanes) is 16. The van der Waals surface area contributed by atoms with Crippen LogP contribution in [0.5, 0.6) is 0 Å². The Morgan fingerprint density at radius 3 is 0.946 bits per heavy atom. The number of ether oxygens (including phenoxy) is 6. The topological polar surface area (TPSA) is 164 Å². The number of nitrogens with zero attached hydrogens (tertiary/aromatic N) is 2. The zero-order chi connectivity index (χ0) is 66.1. The average Bonchev–Trinajstić information content (AvgIpc) is 0.887. The summed E-state index contributed by atoms with van der Waals surface area (Å²) in [5.41, 5.74) is 0.238. The quantitative estimate of drug-likeness (QED) is 0.0244. The number of likely N-dealkylation sites (N-methyl/N-ethyl adjacent to an activating group) is 1. The molecule has 0 radical (unpaired) electrons. The van der Waals surface area contributed by atoms with E-state index in [-0.39, 0.29) is 105 Å². The summed E-state index contributed by atoms with van der Waals surface area (Å²) in [5.74, 6) is 2.55. The van der Waals surface area contributed by atoms with E-state index in [1.54, 1.807) is 19.0 Å². The standard InChI is InChI=1S/C40H67NO6.C38H63NO6/c1-4-5-6-7-8-9-10-11-12-13-14-15-16-17-18-20-37(42)45-30-36(31-46-38(43)21-19-22-41(2)3)32-47-39(44)29-40-26-33-23-34(27-40)25-35(24-33)28-40;1-4-5-6-7-8-9-10-11-12-13-14-15-16-17-18-19-35(40)43-28-34(30-45-37(42)27-39(2)3)29-44-36(41)26-38-23-31-20-32(24-38)22-33(21-31)25-38/h8-9,11-12,33-36H,4-7,10,13-32H2,1-3H3;8-9,11-12,31-34H,4-7,10,13-30H2,1-3H3/b2*9-8-,12-11-. The Hall–Kier alpha value is -4.30. The van der Waals surface area contributed by atoms with Crippen LogP contribution in [0.1, 0.15) is 271 Å². The summed E-state index contributed by atoms with van der Waals surface area (Å²) in [4.78, 5) is 79.2. The van der Waals surface area contributed by atoms with Crippen molar-refractivity contribution in [2.24, 2.45) is 58.2 Å². The summed E-state index contributed by atoms with van der Waals surface area (Å²) in [6.07, 6.45) is 61.0. The van der Waals surface area contributed by atoms with E-state index in [9.17, 15) is 28.8 Å². The smallest absolute Gasteiger partial charge is 0.320 e. The molecule has 92 heavy (non-hydrogen) atoms. The van der Waals surface area contributed by atoms with Crippen molar-refractivity contribution in [1.82, 2.24) is 9.80 Å². The molecule has 0 aromatic rings. The lowest BCUT2D eigenvalue weighted by Gasteiger charge is -2.56. The first-order chi connectivity index (χ1) is 44.5. The van der Waals surface area contributed by atoms with Crippen LogP contribution in [0.25, 0.3) is 0 Å². The van der Waals surface area contributed by atoms with E-state index < -0.39 is 0 Å². The van der Waals surface area contributed by atoms with Gasteiger partial charge in [0, 0.05) is 19.3 Å². The molecule has 0 amide bonds. The van der Waals surface area contributed by atoms with Crippen LogP contribution in [0.3, 0.4) is 0 Å². The second kappa shape index (κ2) is 46.0. The maximum absolute atomic E-state index is 13.0. The molecule has 0 saturated heterocycles. The van der Waals surface area contributed by atoms with Gasteiger partial charge in [0.15, 0.2) is 0 Å². The number of hydrogen-bond acceptors (Lipinski definition) is 14. The molecule has 8 bridgehead atoms. The van der Waals surface area contributed by atoms with E-state index >= 15 is 0 Å². The molecule has 0 spiro atoms. The van der Waals surface area contributed by atoms with Crippen molar-refractivity contribution in [3.8, 4) is 0 Å². The normalized spacial score (nSPS) is 24.2. The molecule has 8 rings (SSSR count). The number of hydrogen-bond donors (Lipinski definition) is 0. The Morgan fingerprint density at radius 2 is 0.630 bits per heavy atom. The fraction of sp³-hybridized carbons (Fsp3) is 0.821. The maximum Gasteiger partial charge on any atom is 0.320 e. The Morgan fingerprint density at radius 1 is 0.348 bits per heavy atom. The van der Waals surface area contributed by atoms with Crippen LogP contribution >= 0.6 is 0 Å². The van der Waals surface area contributed by atoms with Gasteiger partial charge in [0.05, 0.1) is 31.2 Å². The number of esters is 6. The van der Waals surface area contributed by atoms with Crippen molar-refractivity contribution in [3.05, 3.63) is 48.6 Å². The third kappa shape index (κ3) is 34.4. The van der Waals surface area contributed by atoms with E-state index in [0.29, 0.717) is 32.1 Å². The molecule has 0 aromatic heterocycles. The van der Waals surface area contributed by atoms with Gasteiger partial charge >= 0.3 is 35.8 Å². The van der Waals surface area contributed by atoms with Crippen molar-refractivity contribution in [3.63, 3.8) is 0 Å².